The van der Waals surface area contributed by atoms with Crippen LogP contribution in [0, 0.1) is 0 Å². The standard InChI is InChI=1S/C13H11BCl6IN3/c1-3-5-6-7-8(4-2)14(21)11-23-9(12(15,16)17)22-10(24-11)13(18,19)20/h3-7H,1-2H3/b5-3-,7-6-,8-4+. The molecule has 1 aromatic rings. The normalized spacial score (nSPS) is 14.0. The van der Waals surface area contributed by atoms with Gasteiger partial charge in [-0.05, 0) is 13.8 Å². The van der Waals surface area contributed by atoms with Crippen LogP contribution >= 0.6 is 92.0 Å². The molecule has 0 aliphatic heterocycles. The molecular weight excluding hydrogens is 549 g/mol. The summed E-state index contributed by atoms with van der Waals surface area (Å²) in [7, 11) is 0. The molecule has 11 heteroatoms. The van der Waals surface area contributed by atoms with Gasteiger partial charge in [0.2, 0.25) is 7.59 Å². The highest BCUT2D eigenvalue weighted by molar-refractivity contribution is 14.1. The van der Waals surface area contributed by atoms with Crippen LogP contribution in [0.25, 0.3) is 0 Å². The molecular formula is C13H11BCl6IN3. The van der Waals surface area contributed by atoms with E-state index in [1.807, 2.05) is 44.2 Å². The maximum absolute atomic E-state index is 5.88. The summed E-state index contributed by atoms with van der Waals surface area (Å²) in [5, 5.41) is 0. The molecule has 3 nitrogen and oxygen atoms in total. The highest BCUT2D eigenvalue weighted by Crippen LogP contribution is 2.39. The zero-order chi connectivity index (χ0) is 18.5. The Balaban J connectivity index is 3.41. The fourth-order valence-corrected chi connectivity index (χ4v) is 2.87. The van der Waals surface area contributed by atoms with Gasteiger partial charge in [-0.3, -0.25) is 0 Å². The first-order chi connectivity index (χ1) is 11.0. The Morgan fingerprint density at radius 1 is 0.917 bits per heavy atom. The lowest BCUT2D eigenvalue weighted by Crippen LogP contribution is -2.36. The first-order valence-electron chi connectivity index (χ1n) is 6.50. The number of nitrogens with zero attached hydrogens (tertiary/aromatic N) is 3. The molecule has 130 valence electrons. The van der Waals surface area contributed by atoms with Crippen LogP contribution in [0.4, 0.5) is 0 Å². The SMILES string of the molecule is C\C=C/C=C\C(=C/C)B(I)c1nc(C(Cl)(Cl)Cl)nc(C(Cl)(Cl)Cl)n1. The summed E-state index contributed by atoms with van der Waals surface area (Å²) in [6, 6.07) is 0. The first-order valence-corrected chi connectivity index (χ1v) is 10.0. The Bertz CT molecular complexity index is 634. The van der Waals surface area contributed by atoms with Crippen LogP contribution in [0.15, 0.2) is 35.9 Å². The minimum absolute atomic E-state index is 0.103. The smallest absolute Gasteiger partial charge is 0.223 e. The fraction of sp³-hybridized carbons (Fsp3) is 0.308. The largest absolute Gasteiger partial charge is 0.328 e. The van der Waals surface area contributed by atoms with Crippen molar-refractivity contribution in [2.24, 2.45) is 0 Å². The molecule has 0 bridgehead atoms. The third-order valence-electron chi connectivity index (χ3n) is 2.60. The predicted molar refractivity (Wildman–Crippen MR) is 115 cm³/mol. The van der Waals surface area contributed by atoms with Gasteiger partial charge in [0, 0.05) is 0 Å². The van der Waals surface area contributed by atoms with Gasteiger partial charge in [-0.2, -0.15) is 0 Å². The maximum atomic E-state index is 5.88. The molecule has 0 saturated heterocycles. The molecule has 0 saturated carbocycles. The molecule has 0 radical (unpaired) electrons. The van der Waals surface area contributed by atoms with Crippen LogP contribution < -0.4 is 5.72 Å². The van der Waals surface area contributed by atoms with E-state index < -0.39 is 7.59 Å². The van der Waals surface area contributed by atoms with Crippen molar-refractivity contribution in [2.75, 3.05) is 0 Å². The molecule has 24 heavy (non-hydrogen) atoms. The minimum Gasteiger partial charge on any atom is -0.223 e. The monoisotopic (exact) mass is 557 g/mol. The summed E-state index contributed by atoms with van der Waals surface area (Å²) in [6.07, 6.45) is 9.56. The second-order valence-electron chi connectivity index (χ2n) is 4.37. The van der Waals surface area contributed by atoms with Gasteiger partial charge >= 0.3 is 4.57 Å². The van der Waals surface area contributed by atoms with Crippen molar-refractivity contribution in [3.05, 3.63) is 47.5 Å². The lowest BCUT2D eigenvalue weighted by Gasteiger charge is -2.17. The zero-order valence-electron chi connectivity index (χ0n) is 12.5. The molecule has 0 unspecified atom stereocenters. The van der Waals surface area contributed by atoms with E-state index in [1.165, 1.54) is 0 Å². The van der Waals surface area contributed by atoms with Crippen LogP contribution in [0.5, 0.6) is 0 Å². The van der Waals surface area contributed by atoms with Gasteiger partial charge in [-0.1, -0.05) is 105 Å². The Morgan fingerprint density at radius 3 is 1.79 bits per heavy atom. The number of rotatable bonds is 4. The molecule has 0 aromatic carbocycles. The Morgan fingerprint density at radius 2 is 1.42 bits per heavy atom. The fourth-order valence-electron chi connectivity index (χ4n) is 1.51. The van der Waals surface area contributed by atoms with Gasteiger partial charge in [0.1, 0.15) is 5.72 Å². The Hall–Kier alpha value is 0.765. The predicted octanol–water partition coefficient (Wildman–Crippen LogP) is 5.78. The highest BCUT2D eigenvalue weighted by atomic mass is 127. The Labute approximate surface area is 184 Å². The van der Waals surface area contributed by atoms with Crippen LogP contribution in [-0.2, 0) is 7.59 Å². The summed E-state index contributed by atoms with van der Waals surface area (Å²) in [5.41, 5.74) is 1.26. The van der Waals surface area contributed by atoms with Crippen molar-refractivity contribution >= 4 is 102 Å². The number of hydrogen-bond donors (Lipinski definition) is 0. The van der Waals surface area contributed by atoms with Crippen molar-refractivity contribution in [1.82, 2.24) is 15.0 Å². The van der Waals surface area contributed by atoms with Gasteiger partial charge in [0.15, 0.2) is 11.6 Å². The lowest BCUT2D eigenvalue weighted by atomic mass is 9.67. The molecule has 0 aliphatic carbocycles. The van der Waals surface area contributed by atoms with Crippen LogP contribution in [0.1, 0.15) is 25.5 Å². The average molecular weight is 560 g/mol. The molecule has 0 aliphatic rings. The molecule has 1 heterocycles. The quantitative estimate of drug-likeness (QED) is 0.203. The number of halogens is 7. The van der Waals surface area contributed by atoms with E-state index in [0.29, 0.717) is 5.72 Å². The van der Waals surface area contributed by atoms with Crippen LogP contribution in [-0.4, -0.2) is 19.5 Å². The minimum atomic E-state index is -1.87. The molecule has 1 rings (SSSR count). The summed E-state index contributed by atoms with van der Waals surface area (Å²) in [6.45, 7) is 3.82. The van der Waals surface area contributed by atoms with Gasteiger partial charge in [-0.25, -0.2) is 15.0 Å². The zero-order valence-corrected chi connectivity index (χ0v) is 19.1. The molecule has 1 aromatic heterocycles. The lowest BCUT2D eigenvalue weighted by molar-refractivity contribution is 0.864. The van der Waals surface area contributed by atoms with Crippen molar-refractivity contribution < 1.29 is 0 Å². The maximum Gasteiger partial charge on any atom is 0.328 e. The summed E-state index contributed by atoms with van der Waals surface area (Å²) >= 11 is 37.4. The number of aromatic nitrogens is 3. The number of alkyl halides is 6. The third-order valence-corrected chi connectivity index (χ3v) is 4.90. The van der Waals surface area contributed by atoms with Crippen molar-refractivity contribution in [1.29, 1.82) is 0 Å². The molecule has 0 fully saturated rings. The van der Waals surface area contributed by atoms with E-state index >= 15 is 0 Å². The van der Waals surface area contributed by atoms with E-state index in [2.05, 4.69) is 37.3 Å². The van der Waals surface area contributed by atoms with Gasteiger partial charge in [0.25, 0.3) is 0 Å². The van der Waals surface area contributed by atoms with Crippen LogP contribution in [0.2, 0.25) is 0 Å². The Kier molecular flexibility index (Phi) is 9.15. The second kappa shape index (κ2) is 9.63. The summed E-state index contributed by atoms with van der Waals surface area (Å²) < 4.78 is -3.99. The summed E-state index contributed by atoms with van der Waals surface area (Å²) in [5.74, 6) is -0.207. The van der Waals surface area contributed by atoms with Crippen molar-refractivity contribution in [3.8, 4) is 0 Å². The third kappa shape index (κ3) is 6.82. The van der Waals surface area contributed by atoms with Crippen molar-refractivity contribution in [2.45, 2.75) is 21.4 Å². The number of allylic oxidation sites excluding steroid dienone is 6. The summed E-state index contributed by atoms with van der Waals surface area (Å²) in [4.78, 5) is 12.4. The van der Waals surface area contributed by atoms with E-state index in [4.69, 9.17) is 69.6 Å². The molecule has 0 atom stereocenters. The molecule has 0 spiro atoms. The molecule has 0 N–H and O–H groups in total. The van der Waals surface area contributed by atoms with E-state index in [1.54, 1.807) is 0 Å². The van der Waals surface area contributed by atoms with Gasteiger partial charge in [0.05, 0.1) is 0 Å². The number of hydrogen-bond acceptors (Lipinski definition) is 3. The highest BCUT2D eigenvalue weighted by Gasteiger charge is 2.35. The molecule has 0 amide bonds. The van der Waals surface area contributed by atoms with Gasteiger partial charge in [-0.15, -0.1) is 22.4 Å². The average Bonchev–Trinajstić information content (AvgIpc) is 2.49. The van der Waals surface area contributed by atoms with Crippen molar-refractivity contribution in [3.63, 3.8) is 0 Å². The second-order valence-corrected chi connectivity index (χ2v) is 10.2. The van der Waals surface area contributed by atoms with E-state index in [0.717, 1.165) is 5.47 Å². The topological polar surface area (TPSA) is 38.7 Å². The van der Waals surface area contributed by atoms with E-state index in [9.17, 15) is 0 Å². The first kappa shape index (κ1) is 22.8. The van der Waals surface area contributed by atoms with Gasteiger partial charge < -0.3 is 0 Å². The van der Waals surface area contributed by atoms with Crippen LogP contribution in [0.3, 0.4) is 0 Å². The van der Waals surface area contributed by atoms with E-state index in [-0.39, 0.29) is 16.2 Å².